The molecule has 3 amide bonds. The fourth-order valence-corrected chi connectivity index (χ4v) is 9.75. The van der Waals surface area contributed by atoms with E-state index in [0.29, 0.717) is 6.04 Å². The lowest BCUT2D eigenvalue weighted by molar-refractivity contribution is -0.141. The van der Waals surface area contributed by atoms with Gasteiger partial charge < -0.3 is 33.5 Å². The van der Waals surface area contributed by atoms with E-state index in [2.05, 4.69) is 95.8 Å². The normalized spacial score (nSPS) is 18.8. The van der Waals surface area contributed by atoms with Gasteiger partial charge in [0.25, 0.3) is 0 Å². The molecule has 16 nitrogen and oxygen atoms in total. The van der Waals surface area contributed by atoms with Gasteiger partial charge in [-0.15, -0.1) is 0 Å². The van der Waals surface area contributed by atoms with Crippen LogP contribution in [-0.4, -0.2) is 116 Å². The maximum Gasteiger partial charge on any atom is 0.432 e. The summed E-state index contributed by atoms with van der Waals surface area (Å²) in [6.45, 7) is 32.0. The average molecular weight is 1090 g/mol. The molecule has 76 heavy (non-hydrogen) atoms. The van der Waals surface area contributed by atoms with E-state index in [9.17, 15) is 28.8 Å². The van der Waals surface area contributed by atoms with Crippen molar-refractivity contribution in [2.75, 3.05) is 13.7 Å². The van der Waals surface area contributed by atoms with Crippen LogP contribution in [0, 0.1) is 6.92 Å². The summed E-state index contributed by atoms with van der Waals surface area (Å²) < 4.78 is 31.9. The number of carbonyl (C=O) groups is 6. The number of allylic oxidation sites excluding steroid dienone is 2. The maximum atomic E-state index is 11.7. The predicted octanol–water partition coefficient (Wildman–Crippen LogP) is 12.3. The molecule has 0 spiro atoms. The minimum atomic E-state index is -1.77. The number of hydroxylamine groups is 1. The number of amides is 3. The molecule has 422 valence electrons. The Morgan fingerprint density at radius 3 is 1.59 bits per heavy atom. The molecule has 0 unspecified atom stereocenters. The summed E-state index contributed by atoms with van der Waals surface area (Å²) in [6, 6.07) is 28.8. The highest BCUT2D eigenvalue weighted by molar-refractivity contribution is 7.94. The Labute approximate surface area is 459 Å². The highest BCUT2D eigenvalue weighted by Crippen LogP contribution is 2.42. The van der Waals surface area contributed by atoms with Crippen LogP contribution in [0.4, 0.5) is 14.4 Å². The molecule has 3 fully saturated rings. The van der Waals surface area contributed by atoms with E-state index in [0.717, 1.165) is 61.7 Å². The molecule has 6 rings (SSSR count). The molecule has 3 aliphatic rings. The van der Waals surface area contributed by atoms with Crippen molar-refractivity contribution in [3.63, 3.8) is 0 Å². The smallest absolute Gasteiger partial charge is 0.432 e. The van der Waals surface area contributed by atoms with Crippen LogP contribution in [0.15, 0.2) is 102 Å². The number of nitrogens with one attached hydrogen (secondary N) is 2. The number of rotatable bonds is 14. The fraction of sp³-hybridized carbons (Fsp3) is 0.552. The number of esters is 1. The minimum absolute atomic E-state index is 0.0438. The molecule has 3 aliphatic heterocycles. The number of hydrogen-bond acceptors (Lipinski definition) is 14. The van der Waals surface area contributed by atoms with Crippen molar-refractivity contribution in [2.45, 2.75) is 199 Å². The van der Waals surface area contributed by atoms with Crippen LogP contribution in [-0.2, 0) is 47.6 Å². The number of methoxy groups -OCH3 is 1. The maximum absolute atomic E-state index is 11.7. The first-order valence-corrected chi connectivity index (χ1v) is 30.3. The Morgan fingerprint density at radius 1 is 0.724 bits per heavy atom. The summed E-state index contributed by atoms with van der Waals surface area (Å²) in [7, 11) is -0.446. The van der Waals surface area contributed by atoms with Gasteiger partial charge in [-0.25, -0.2) is 19.2 Å². The van der Waals surface area contributed by atoms with E-state index in [1.54, 1.807) is 41.5 Å². The Balaban J connectivity index is 0.000000340. The second-order valence-corrected chi connectivity index (χ2v) is 27.4. The van der Waals surface area contributed by atoms with Crippen LogP contribution in [0.25, 0.3) is 0 Å². The molecule has 0 aromatic heterocycles. The Bertz CT molecular complexity index is 2230. The Hall–Kier alpha value is -5.53. The van der Waals surface area contributed by atoms with Gasteiger partial charge in [0.1, 0.15) is 41.0 Å². The van der Waals surface area contributed by atoms with E-state index in [1.807, 2.05) is 78.8 Å². The second kappa shape index (κ2) is 31.0. The van der Waals surface area contributed by atoms with Crippen LogP contribution < -0.4 is 10.8 Å². The molecule has 3 saturated heterocycles. The van der Waals surface area contributed by atoms with E-state index < -0.39 is 48.9 Å². The highest BCUT2D eigenvalue weighted by atomic mass is 32.2. The predicted molar refractivity (Wildman–Crippen MR) is 302 cm³/mol. The molecule has 0 aliphatic carbocycles. The molecular weight excluding hydrogens is 1000 g/mol. The van der Waals surface area contributed by atoms with Crippen molar-refractivity contribution >= 4 is 57.2 Å². The third-order valence-corrected chi connectivity index (χ3v) is 12.7. The SMILES string of the molecule is CC/C=C/C=O.CC[C@@H]1[C@@H](C(=O)OC)N1C(=O)OC(C)(C)C.CC[C@@H]1[C@@H](C=O)N1C(=O)OC(C)(C)C.C[Si](C)(C)OC(c1ccccc1)(c1ccccc1)[C@@H]1CCCN1.Cc1ccc(SONC(=O)OC(C)(C)C)cc1. The topological polar surface area (TPSA) is 188 Å². The first kappa shape index (κ1) is 66.6. The van der Waals surface area contributed by atoms with Crippen molar-refractivity contribution in [1.82, 2.24) is 20.6 Å². The van der Waals surface area contributed by atoms with Crippen molar-refractivity contribution in [2.24, 2.45) is 0 Å². The molecule has 3 aromatic rings. The van der Waals surface area contributed by atoms with Gasteiger partial charge in [-0.3, -0.25) is 14.6 Å². The number of aldehydes is 2. The van der Waals surface area contributed by atoms with Gasteiger partial charge in [0, 0.05) is 10.9 Å². The van der Waals surface area contributed by atoms with Crippen molar-refractivity contribution in [3.8, 4) is 0 Å². The van der Waals surface area contributed by atoms with Crippen LogP contribution in [0.1, 0.15) is 132 Å². The lowest BCUT2D eigenvalue weighted by Crippen LogP contribution is -2.53. The summed E-state index contributed by atoms with van der Waals surface area (Å²) in [5.74, 6) is -0.377. The van der Waals surface area contributed by atoms with Gasteiger partial charge in [0.2, 0.25) is 0 Å². The number of hydrogen-bond donors (Lipinski definition) is 2. The first-order chi connectivity index (χ1) is 35.5. The zero-order valence-corrected chi connectivity index (χ0v) is 50.0. The van der Waals surface area contributed by atoms with E-state index in [4.69, 9.17) is 22.9 Å². The number of aryl methyl sites for hydroxylation is 1. The van der Waals surface area contributed by atoms with Crippen molar-refractivity contribution in [1.29, 1.82) is 0 Å². The second-order valence-electron chi connectivity index (χ2n) is 22.2. The van der Waals surface area contributed by atoms with Gasteiger partial charge >= 0.3 is 24.2 Å². The summed E-state index contributed by atoms with van der Waals surface area (Å²) in [4.78, 5) is 69.7. The third-order valence-electron chi connectivity index (χ3n) is 11.1. The van der Waals surface area contributed by atoms with Gasteiger partial charge in [-0.2, -0.15) is 9.76 Å². The molecule has 0 saturated carbocycles. The van der Waals surface area contributed by atoms with E-state index in [-0.39, 0.29) is 30.2 Å². The monoisotopic (exact) mass is 1090 g/mol. The summed E-state index contributed by atoms with van der Waals surface area (Å²) in [6.07, 6.45) is 8.28. The molecular formula is C58H88N4O12SSi. The number of carbonyl (C=O) groups excluding carboxylic acids is 6. The quantitative estimate of drug-likeness (QED) is 0.0227. The zero-order valence-electron chi connectivity index (χ0n) is 48.2. The van der Waals surface area contributed by atoms with E-state index >= 15 is 0 Å². The summed E-state index contributed by atoms with van der Waals surface area (Å²) in [5, 5.41) is 3.71. The lowest BCUT2D eigenvalue weighted by Gasteiger charge is -2.44. The molecule has 0 radical (unpaired) electrons. The molecule has 5 atom stereocenters. The standard InChI is InChI=1S/C20H27NOSi.C12H17NO3S.C11H19NO4.C10H17NO3.C5H8O/c1-23(2,3)22-20(19-15-10-16-21-19,17-11-6-4-7-12-17)18-13-8-5-9-14-18;1-9-5-7-10(8-6-9)17-16-13-11(14)15-12(2,3)4;1-6-7-8(9(13)15-5)12(7)10(14)16-11(2,3)4;1-5-7-8(6-12)11(7)9(13)14-10(2,3)4;1-2-3-4-5-6/h4-9,11-14,19,21H,10,15-16H2,1-3H3;5-8H,1-4H3,(H,13,14);7-8H,6H2,1-5H3;6-8H,5H2,1-4H3;3-5H,2H2,1H3/b;;;;4-3+/t19-;;7-,8+,12?;7-,8-,11?;/m0.11./s1. The average Bonchev–Trinajstić information content (AvgIpc) is 4.20. The van der Waals surface area contributed by atoms with E-state index in [1.165, 1.54) is 46.1 Å². The lowest BCUT2D eigenvalue weighted by atomic mass is 9.79. The highest BCUT2D eigenvalue weighted by Gasteiger charge is 2.57. The van der Waals surface area contributed by atoms with Crippen LogP contribution in [0.3, 0.4) is 0 Å². The van der Waals surface area contributed by atoms with Gasteiger partial charge in [-0.05, 0) is 157 Å². The zero-order chi connectivity index (χ0) is 57.5. The van der Waals surface area contributed by atoms with Gasteiger partial charge in [-0.1, -0.05) is 105 Å². The molecule has 0 bridgehead atoms. The molecule has 2 N–H and O–H groups in total. The number of nitrogens with zero attached hydrogens (tertiary/aromatic N) is 2. The minimum Gasteiger partial charge on any atom is -0.467 e. The van der Waals surface area contributed by atoms with Crippen LogP contribution in [0.5, 0.6) is 0 Å². The molecule has 3 aromatic carbocycles. The van der Waals surface area contributed by atoms with Crippen LogP contribution in [0.2, 0.25) is 19.6 Å². The Kier molecular flexibility index (Phi) is 27.2. The number of ether oxygens (including phenoxy) is 4. The Morgan fingerprint density at radius 2 is 1.22 bits per heavy atom. The van der Waals surface area contributed by atoms with Crippen molar-refractivity contribution < 1.29 is 56.4 Å². The van der Waals surface area contributed by atoms with Gasteiger partial charge in [0.05, 0.1) is 31.2 Å². The fourth-order valence-electron chi connectivity index (χ4n) is 7.95. The summed E-state index contributed by atoms with van der Waals surface area (Å²) in [5.41, 5.74) is 3.93. The number of benzene rings is 3. The molecule has 18 heteroatoms. The van der Waals surface area contributed by atoms with Crippen LogP contribution >= 0.6 is 12.0 Å². The molecule has 3 heterocycles. The van der Waals surface area contributed by atoms with Gasteiger partial charge in [0.15, 0.2) is 14.4 Å². The van der Waals surface area contributed by atoms with Crippen molar-refractivity contribution in [3.05, 3.63) is 114 Å². The largest absolute Gasteiger partial charge is 0.467 e. The summed E-state index contributed by atoms with van der Waals surface area (Å²) >= 11 is 1.07. The first-order valence-electron chi connectivity index (χ1n) is 26.1. The third kappa shape index (κ3) is 23.4.